The smallest absolute Gasteiger partial charge is 0.271 e. The van der Waals surface area contributed by atoms with Gasteiger partial charge in [0.1, 0.15) is 0 Å². The van der Waals surface area contributed by atoms with Gasteiger partial charge in [-0.3, -0.25) is 19.3 Å². The zero-order valence-electron chi connectivity index (χ0n) is 15.1. The first-order valence-electron chi connectivity index (χ1n) is 9.20. The predicted octanol–water partition coefficient (Wildman–Crippen LogP) is 3.01. The van der Waals surface area contributed by atoms with E-state index in [4.69, 9.17) is 0 Å². The van der Waals surface area contributed by atoms with Crippen LogP contribution >= 0.6 is 0 Å². The maximum absolute atomic E-state index is 13.5. The molecule has 0 aromatic heterocycles. The Labute approximate surface area is 157 Å². The molecule has 1 fully saturated rings. The van der Waals surface area contributed by atoms with Crippen molar-refractivity contribution in [3.8, 4) is 0 Å². The van der Waals surface area contributed by atoms with Crippen LogP contribution in [0.5, 0.6) is 0 Å². The molecular formula is C21H21N3O3. The Morgan fingerprint density at radius 2 is 1.78 bits per heavy atom. The number of carbonyl (C=O) groups excluding carboxylic acids is 3. The number of amides is 3. The van der Waals surface area contributed by atoms with Crippen molar-refractivity contribution in [2.24, 2.45) is 0 Å². The monoisotopic (exact) mass is 363 g/mol. The summed E-state index contributed by atoms with van der Waals surface area (Å²) in [6.07, 6.45) is 1.20. The van der Waals surface area contributed by atoms with Crippen molar-refractivity contribution in [3.63, 3.8) is 0 Å². The zero-order chi connectivity index (χ0) is 19.0. The van der Waals surface area contributed by atoms with Crippen molar-refractivity contribution in [1.29, 1.82) is 0 Å². The maximum atomic E-state index is 13.5. The molecule has 0 bridgehead atoms. The highest BCUT2D eigenvalue weighted by molar-refractivity contribution is 6.18. The molecule has 2 aliphatic heterocycles. The fraction of sp³-hybridized carbons (Fsp3) is 0.286. The second-order valence-electron chi connectivity index (χ2n) is 6.84. The number of nitrogens with one attached hydrogen (secondary N) is 1. The van der Waals surface area contributed by atoms with Crippen molar-refractivity contribution in [2.45, 2.75) is 31.8 Å². The SMILES string of the molecule is CCCN1C(=O)c2ccccc2N2C(=O)CC[C@@]12C(=O)Nc1ccccc1. The molecule has 4 rings (SSSR count). The summed E-state index contributed by atoms with van der Waals surface area (Å²) in [6.45, 7) is 2.36. The number of anilines is 2. The Hall–Kier alpha value is -3.15. The Morgan fingerprint density at radius 3 is 2.52 bits per heavy atom. The molecule has 0 unspecified atom stereocenters. The normalized spacial score (nSPS) is 21.1. The van der Waals surface area contributed by atoms with E-state index in [0.717, 1.165) is 0 Å². The molecule has 138 valence electrons. The van der Waals surface area contributed by atoms with Gasteiger partial charge in [-0.1, -0.05) is 37.3 Å². The van der Waals surface area contributed by atoms with E-state index >= 15 is 0 Å². The van der Waals surface area contributed by atoms with Gasteiger partial charge in [0.25, 0.3) is 11.8 Å². The molecule has 0 aliphatic carbocycles. The van der Waals surface area contributed by atoms with E-state index in [-0.39, 0.29) is 30.6 Å². The molecular weight excluding hydrogens is 342 g/mol. The van der Waals surface area contributed by atoms with E-state index < -0.39 is 5.66 Å². The Morgan fingerprint density at radius 1 is 1.07 bits per heavy atom. The summed E-state index contributed by atoms with van der Waals surface area (Å²) in [5.41, 5.74) is 0.290. The molecule has 6 nitrogen and oxygen atoms in total. The van der Waals surface area contributed by atoms with E-state index in [2.05, 4.69) is 5.32 Å². The summed E-state index contributed by atoms with van der Waals surface area (Å²) in [4.78, 5) is 42.6. The first-order valence-corrected chi connectivity index (χ1v) is 9.20. The summed E-state index contributed by atoms with van der Waals surface area (Å²) in [5, 5.41) is 2.91. The fourth-order valence-corrected chi connectivity index (χ4v) is 4.06. The van der Waals surface area contributed by atoms with Gasteiger partial charge in [-0.25, -0.2) is 0 Å². The first-order chi connectivity index (χ1) is 13.1. The summed E-state index contributed by atoms with van der Waals surface area (Å²) >= 11 is 0. The van der Waals surface area contributed by atoms with Crippen molar-refractivity contribution in [3.05, 3.63) is 60.2 Å². The van der Waals surface area contributed by atoms with Gasteiger partial charge in [-0.2, -0.15) is 0 Å². The molecule has 1 N–H and O–H groups in total. The predicted molar refractivity (Wildman–Crippen MR) is 102 cm³/mol. The van der Waals surface area contributed by atoms with Gasteiger partial charge in [0.15, 0.2) is 0 Å². The highest BCUT2D eigenvalue weighted by atomic mass is 16.2. The molecule has 2 aliphatic rings. The van der Waals surface area contributed by atoms with Crippen LogP contribution in [0.4, 0.5) is 11.4 Å². The molecule has 1 saturated heterocycles. The average Bonchev–Trinajstić information content (AvgIpc) is 3.04. The van der Waals surface area contributed by atoms with Gasteiger partial charge in [0.2, 0.25) is 11.6 Å². The minimum atomic E-state index is -1.33. The lowest BCUT2D eigenvalue weighted by Crippen LogP contribution is -2.69. The summed E-state index contributed by atoms with van der Waals surface area (Å²) in [7, 11) is 0. The Kier molecular flexibility index (Phi) is 4.18. The number of benzene rings is 2. The third kappa shape index (κ3) is 2.51. The van der Waals surface area contributed by atoms with Crippen molar-refractivity contribution in [2.75, 3.05) is 16.8 Å². The summed E-state index contributed by atoms with van der Waals surface area (Å²) < 4.78 is 0. The van der Waals surface area contributed by atoms with E-state index in [1.54, 1.807) is 41.3 Å². The van der Waals surface area contributed by atoms with Gasteiger partial charge in [-0.05, 0) is 30.7 Å². The van der Waals surface area contributed by atoms with Crippen LogP contribution in [-0.4, -0.2) is 34.8 Å². The standard InChI is InChI=1S/C21H21N3O3/c1-2-14-23-19(26)16-10-6-7-11-17(16)24-18(25)12-13-21(23,24)20(27)22-15-8-4-3-5-9-15/h3-11H,2,12-14H2,1H3,(H,22,27)/t21-/m1/s1. The topological polar surface area (TPSA) is 69.7 Å². The van der Waals surface area contributed by atoms with Gasteiger partial charge in [0.05, 0.1) is 11.3 Å². The molecule has 0 saturated carbocycles. The lowest BCUT2D eigenvalue weighted by atomic mass is 9.95. The van der Waals surface area contributed by atoms with Crippen LogP contribution in [0.2, 0.25) is 0 Å². The lowest BCUT2D eigenvalue weighted by Gasteiger charge is -2.49. The Bertz CT molecular complexity index is 912. The molecule has 3 amide bonds. The molecule has 6 heteroatoms. The minimum absolute atomic E-state index is 0.140. The lowest BCUT2D eigenvalue weighted by molar-refractivity contribution is -0.128. The third-order valence-electron chi connectivity index (χ3n) is 5.22. The molecule has 2 aromatic carbocycles. The van der Waals surface area contributed by atoms with Crippen LogP contribution in [0.25, 0.3) is 0 Å². The molecule has 0 radical (unpaired) electrons. The summed E-state index contributed by atoms with van der Waals surface area (Å²) in [6, 6.07) is 16.1. The molecule has 27 heavy (non-hydrogen) atoms. The van der Waals surface area contributed by atoms with Crippen LogP contribution in [0.15, 0.2) is 54.6 Å². The van der Waals surface area contributed by atoms with E-state index in [1.165, 1.54) is 4.90 Å². The fourth-order valence-electron chi connectivity index (χ4n) is 4.06. The van der Waals surface area contributed by atoms with E-state index in [1.807, 2.05) is 25.1 Å². The summed E-state index contributed by atoms with van der Waals surface area (Å²) in [5.74, 6) is -0.697. The maximum Gasteiger partial charge on any atom is 0.271 e. The number of hydrogen-bond donors (Lipinski definition) is 1. The van der Waals surface area contributed by atoms with Crippen LogP contribution in [0.3, 0.4) is 0 Å². The number of para-hydroxylation sites is 2. The molecule has 2 aromatic rings. The third-order valence-corrected chi connectivity index (χ3v) is 5.22. The quantitative estimate of drug-likeness (QED) is 0.908. The number of rotatable bonds is 4. The van der Waals surface area contributed by atoms with Crippen LogP contribution in [0, 0.1) is 0 Å². The van der Waals surface area contributed by atoms with Crippen molar-refractivity contribution in [1.82, 2.24) is 4.90 Å². The van der Waals surface area contributed by atoms with Crippen molar-refractivity contribution < 1.29 is 14.4 Å². The van der Waals surface area contributed by atoms with Gasteiger partial charge >= 0.3 is 0 Å². The van der Waals surface area contributed by atoms with Gasteiger partial charge in [0, 0.05) is 25.1 Å². The number of fused-ring (bicyclic) bond motifs is 3. The van der Waals surface area contributed by atoms with Crippen LogP contribution < -0.4 is 10.2 Å². The Balaban J connectivity index is 1.85. The minimum Gasteiger partial charge on any atom is -0.322 e. The average molecular weight is 363 g/mol. The highest BCUT2D eigenvalue weighted by Crippen LogP contribution is 2.45. The number of nitrogens with zero attached hydrogens (tertiary/aromatic N) is 2. The highest BCUT2D eigenvalue weighted by Gasteiger charge is 2.60. The zero-order valence-corrected chi connectivity index (χ0v) is 15.1. The second kappa shape index (κ2) is 6.54. The van der Waals surface area contributed by atoms with E-state index in [0.29, 0.717) is 29.9 Å². The van der Waals surface area contributed by atoms with E-state index in [9.17, 15) is 14.4 Å². The van der Waals surface area contributed by atoms with Gasteiger partial charge < -0.3 is 10.2 Å². The number of hydrogen-bond acceptors (Lipinski definition) is 3. The van der Waals surface area contributed by atoms with Crippen LogP contribution in [-0.2, 0) is 9.59 Å². The molecule has 2 heterocycles. The first kappa shape index (κ1) is 17.3. The molecule has 1 atom stereocenters. The second-order valence-corrected chi connectivity index (χ2v) is 6.84. The van der Waals surface area contributed by atoms with Gasteiger partial charge in [-0.15, -0.1) is 0 Å². The number of carbonyl (C=O) groups is 3. The van der Waals surface area contributed by atoms with Crippen molar-refractivity contribution >= 4 is 29.1 Å². The largest absolute Gasteiger partial charge is 0.322 e. The molecule has 0 spiro atoms. The van der Waals surface area contributed by atoms with Crippen LogP contribution in [0.1, 0.15) is 36.5 Å².